The smallest absolute Gasteiger partial charge is 0.187 e. The first-order valence-electron chi connectivity index (χ1n) is 5.15. The molecular weight excluding hydrogens is 294 g/mol. The molecule has 18 heavy (non-hydrogen) atoms. The van der Waals surface area contributed by atoms with E-state index in [0.29, 0.717) is 22.7 Å². The number of pyridine rings is 2. The standard InChI is InChI=1S/C12H6BrN5/c13-9-2-3-10(15-6-9)12-17-16-11-4-1-8(5-14)7-18(11)12/h1-4,6-7H. The second kappa shape index (κ2) is 4.20. The topological polar surface area (TPSA) is 66.9 Å². The normalized spacial score (nSPS) is 10.4. The van der Waals surface area contributed by atoms with Crippen LogP contribution in [0.1, 0.15) is 5.56 Å². The lowest BCUT2D eigenvalue weighted by Crippen LogP contribution is -1.92. The molecule has 0 aliphatic heterocycles. The van der Waals surface area contributed by atoms with Gasteiger partial charge in [-0.2, -0.15) is 5.26 Å². The fraction of sp³-hybridized carbons (Fsp3) is 0. The van der Waals surface area contributed by atoms with E-state index in [9.17, 15) is 0 Å². The molecule has 3 aromatic rings. The molecule has 0 aliphatic carbocycles. The molecule has 5 nitrogen and oxygen atoms in total. The predicted octanol–water partition coefficient (Wildman–Crippen LogP) is 2.43. The average molecular weight is 300 g/mol. The van der Waals surface area contributed by atoms with Crippen molar-refractivity contribution in [2.24, 2.45) is 0 Å². The largest absolute Gasteiger partial charge is 0.280 e. The monoisotopic (exact) mass is 299 g/mol. The van der Waals surface area contributed by atoms with E-state index in [-0.39, 0.29) is 0 Å². The number of nitrogens with zero attached hydrogens (tertiary/aromatic N) is 5. The zero-order valence-corrected chi connectivity index (χ0v) is 10.7. The quantitative estimate of drug-likeness (QED) is 0.692. The lowest BCUT2D eigenvalue weighted by molar-refractivity contribution is 1.09. The van der Waals surface area contributed by atoms with Gasteiger partial charge < -0.3 is 0 Å². The third-order valence-corrected chi connectivity index (χ3v) is 2.96. The molecule has 0 saturated carbocycles. The summed E-state index contributed by atoms with van der Waals surface area (Å²) >= 11 is 3.33. The highest BCUT2D eigenvalue weighted by atomic mass is 79.9. The van der Waals surface area contributed by atoms with E-state index in [2.05, 4.69) is 37.2 Å². The number of hydrogen-bond acceptors (Lipinski definition) is 4. The second-order valence-corrected chi connectivity index (χ2v) is 4.56. The summed E-state index contributed by atoms with van der Waals surface area (Å²) in [5.41, 5.74) is 1.95. The Morgan fingerprint density at radius 3 is 2.78 bits per heavy atom. The maximum Gasteiger partial charge on any atom is 0.187 e. The van der Waals surface area contributed by atoms with Crippen molar-refractivity contribution in [3.05, 3.63) is 46.7 Å². The van der Waals surface area contributed by atoms with E-state index in [1.807, 2.05) is 12.1 Å². The van der Waals surface area contributed by atoms with Gasteiger partial charge in [0.05, 0.1) is 5.56 Å². The number of rotatable bonds is 1. The first-order chi connectivity index (χ1) is 8.78. The fourth-order valence-electron chi connectivity index (χ4n) is 1.64. The third-order valence-electron chi connectivity index (χ3n) is 2.49. The van der Waals surface area contributed by atoms with Gasteiger partial charge in [0.15, 0.2) is 11.5 Å². The summed E-state index contributed by atoms with van der Waals surface area (Å²) in [5.74, 6) is 0.620. The van der Waals surface area contributed by atoms with Gasteiger partial charge in [0, 0.05) is 16.9 Å². The van der Waals surface area contributed by atoms with Crippen LogP contribution in [-0.2, 0) is 0 Å². The summed E-state index contributed by atoms with van der Waals surface area (Å²) < 4.78 is 2.66. The van der Waals surface area contributed by atoms with Crippen molar-refractivity contribution in [2.45, 2.75) is 0 Å². The molecular formula is C12H6BrN5. The maximum atomic E-state index is 8.91. The summed E-state index contributed by atoms with van der Waals surface area (Å²) in [6.07, 6.45) is 3.40. The van der Waals surface area contributed by atoms with Gasteiger partial charge in [-0.15, -0.1) is 10.2 Å². The minimum absolute atomic E-state index is 0.556. The van der Waals surface area contributed by atoms with E-state index >= 15 is 0 Å². The molecule has 0 N–H and O–H groups in total. The third kappa shape index (κ3) is 1.75. The Hall–Kier alpha value is -2.26. The van der Waals surface area contributed by atoms with Crippen LogP contribution >= 0.6 is 15.9 Å². The molecule has 0 aromatic carbocycles. The lowest BCUT2D eigenvalue weighted by atomic mass is 10.3. The van der Waals surface area contributed by atoms with Crippen molar-refractivity contribution < 1.29 is 0 Å². The fourth-order valence-corrected chi connectivity index (χ4v) is 1.87. The van der Waals surface area contributed by atoms with Crippen LogP contribution in [0, 0.1) is 11.3 Å². The van der Waals surface area contributed by atoms with Gasteiger partial charge in [-0.25, -0.2) is 0 Å². The Bertz CT molecular complexity index is 754. The first-order valence-corrected chi connectivity index (χ1v) is 5.94. The highest BCUT2D eigenvalue weighted by molar-refractivity contribution is 9.10. The molecule has 86 valence electrons. The summed E-state index contributed by atoms with van der Waals surface area (Å²) in [6.45, 7) is 0. The molecule has 0 fully saturated rings. The van der Waals surface area contributed by atoms with E-state index in [0.717, 1.165) is 4.47 Å². The van der Waals surface area contributed by atoms with Crippen LogP contribution in [0.5, 0.6) is 0 Å². The Morgan fingerprint density at radius 2 is 2.06 bits per heavy atom. The molecule has 6 heteroatoms. The van der Waals surface area contributed by atoms with Gasteiger partial charge in [0.2, 0.25) is 0 Å². The zero-order chi connectivity index (χ0) is 12.5. The summed E-state index contributed by atoms with van der Waals surface area (Å²) in [6, 6.07) is 9.29. The zero-order valence-electron chi connectivity index (χ0n) is 9.08. The van der Waals surface area contributed by atoms with Gasteiger partial charge in [-0.3, -0.25) is 9.38 Å². The van der Waals surface area contributed by atoms with Crippen LogP contribution in [-0.4, -0.2) is 19.6 Å². The summed E-state index contributed by atoms with van der Waals surface area (Å²) in [5, 5.41) is 17.0. The van der Waals surface area contributed by atoms with E-state index in [1.54, 1.807) is 28.9 Å². The van der Waals surface area contributed by atoms with Crippen molar-refractivity contribution in [1.29, 1.82) is 5.26 Å². The minimum atomic E-state index is 0.556. The van der Waals surface area contributed by atoms with Crippen LogP contribution in [0.15, 0.2) is 41.1 Å². The second-order valence-electron chi connectivity index (χ2n) is 3.64. The van der Waals surface area contributed by atoms with E-state index < -0.39 is 0 Å². The molecule has 0 bridgehead atoms. The Morgan fingerprint density at radius 1 is 1.17 bits per heavy atom. The van der Waals surface area contributed by atoms with Crippen molar-refractivity contribution in [3.63, 3.8) is 0 Å². The molecule has 0 aliphatic rings. The Labute approximate surface area is 111 Å². The molecule has 0 unspecified atom stereocenters. The van der Waals surface area contributed by atoms with Crippen LogP contribution in [0.2, 0.25) is 0 Å². The minimum Gasteiger partial charge on any atom is -0.280 e. The van der Waals surface area contributed by atoms with Crippen molar-refractivity contribution in [3.8, 4) is 17.6 Å². The summed E-state index contributed by atoms with van der Waals surface area (Å²) in [7, 11) is 0. The maximum absolute atomic E-state index is 8.91. The van der Waals surface area contributed by atoms with Crippen LogP contribution < -0.4 is 0 Å². The molecule has 3 heterocycles. The number of fused-ring (bicyclic) bond motifs is 1. The number of nitriles is 1. The number of halogens is 1. The van der Waals surface area contributed by atoms with Crippen molar-refractivity contribution in [2.75, 3.05) is 0 Å². The molecule has 3 aromatic heterocycles. The van der Waals surface area contributed by atoms with Crippen molar-refractivity contribution >= 4 is 21.6 Å². The highest BCUT2D eigenvalue weighted by Gasteiger charge is 2.09. The Kier molecular flexibility index (Phi) is 2.54. The molecule has 0 saturated heterocycles. The van der Waals surface area contributed by atoms with Gasteiger partial charge in [0.1, 0.15) is 11.8 Å². The Balaban J connectivity index is 2.23. The predicted molar refractivity (Wildman–Crippen MR) is 68.6 cm³/mol. The van der Waals surface area contributed by atoms with Crippen molar-refractivity contribution in [1.82, 2.24) is 19.6 Å². The van der Waals surface area contributed by atoms with Gasteiger partial charge in [-0.05, 0) is 40.2 Å². The molecule has 0 radical (unpaired) electrons. The van der Waals surface area contributed by atoms with Crippen LogP contribution in [0.3, 0.4) is 0 Å². The van der Waals surface area contributed by atoms with Gasteiger partial charge in [-0.1, -0.05) is 0 Å². The summed E-state index contributed by atoms with van der Waals surface area (Å²) in [4.78, 5) is 4.27. The SMILES string of the molecule is N#Cc1ccc2nnc(-c3ccc(Br)cn3)n2c1. The van der Waals surface area contributed by atoms with Gasteiger partial charge >= 0.3 is 0 Å². The lowest BCUT2D eigenvalue weighted by Gasteiger charge is -1.99. The number of aromatic nitrogens is 4. The van der Waals surface area contributed by atoms with E-state index in [1.165, 1.54) is 0 Å². The van der Waals surface area contributed by atoms with Gasteiger partial charge in [0.25, 0.3) is 0 Å². The first kappa shape index (κ1) is 10.9. The highest BCUT2D eigenvalue weighted by Crippen LogP contribution is 2.18. The van der Waals surface area contributed by atoms with Crippen LogP contribution in [0.25, 0.3) is 17.2 Å². The molecule has 0 atom stereocenters. The molecule has 3 rings (SSSR count). The average Bonchev–Trinajstić information content (AvgIpc) is 2.82. The number of hydrogen-bond donors (Lipinski definition) is 0. The van der Waals surface area contributed by atoms with Crippen LogP contribution in [0.4, 0.5) is 0 Å². The van der Waals surface area contributed by atoms with E-state index in [4.69, 9.17) is 5.26 Å². The molecule has 0 amide bonds. The molecule has 0 spiro atoms.